The lowest BCUT2D eigenvalue weighted by Crippen LogP contribution is -2.34. The van der Waals surface area contributed by atoms with E-state index in [2.05, 4.69) is 18.3 Å². The Labute approximate surface area is 121 Å². The third-order valence-corrected chi connectivity index (χ3v) is 4.22. The largest absolute Gasteiger partial charge is 0.496 e. The number of benzene rings is 1. The first kappa shape index (κ1) is 14.7. The standard InChI is InChI=1S/C16H24ClNO/c1-3-9-18-14-6-4-5-12(10-14)15-11-13(17)7-8-16(15)19-2/h7-8,11-12,14,18H,3-6,9-10H2,1-2H3. The van der Waals surface area contributed by atoms with Crippen molar-refractivity contribution in [3.63, 3.8) is 0 Å². The summed E-state index contributed by atoms with van der Waals surface area (Å²) >= 11 is 6.14. The summed E-state index contributed by atoms with van der Waals surface area (Å²) in [7, 11) is 1.74. The molecule has 106 valence electrons. The third kappa shape index (κ3) is 3.87. The lowest BCUT2D eigenvalue weighted by molar-refractivity contribution is 0.330. The van der Waals surface area contributed by atoms with Crippen LogP contribution in [-0.4, -0.2) is 19.7 Å². The minimum absolute atomic E-state index is 0.566. The van der Waals surface area contributed by atoms with Gasteiger partial charge in [-0.25, -0.2) is 0 Å². The molecule has 3 heteroatoms. The Bertz CT molecular complexity index is 408. The Balaban J connectivity index is 2.10. The first-order valence-corrected chi connectivity index (χ1v) is 7.69. The molecule has 2 rings (SSSR count). The number of ether oxygens (including phenoxy) is 1. The maximum Gasteiger partial charge on any atom is 0.122 e. The normalized spacial score (nSPS) is 23.3. The predicted molar refractivity (Wildman–Crippen MR) is 81.3 cm³/mol. The molecule has 0 spiro atoms. The fourth-order valence-corrected chi connectivity index (χ4v) is 3.21. The topological polar surface area (TPSA) is 21.3 Å². The lowest BCUT2D eigenvalue weighted by atomic mass is 9.81. The molecule has 0 heterocycles. The van der Waals surface area contributed by atoms with Crippen LogP contribution in [0.5, 0.6) is 5.75 Å². The van der Waals surface area contributed by atoms with E-state index in [1.807, 2.05) is 12.1 Å². The highest BCUT2D eigenvalue weighted by atomic mass is 35.5. The quantitative estimate of drug-likeness (QED) is 0.865. The van der Waals surface area contributed by atoms with Crippen LogP contribution in [0.2, 0.25) is 5.02 Å². The molecule has 1 fully saturated rings. The summed E-state index contributed by atoms with van der Waals surface area (Å²) in [4.78, 5) is 0. The van der Waals surface area contributed by atoms with Crippen molar-refractivity contribution in [2.24, 2.45) is 0 Å². The molecule has 2 nitrogen and oxygen atoms in total. The van der Waals surface area contributed by atoms with Gasteiger partial charge in [0, 0.05) is 11.1 Å². The van der Waals surface area contributed by atoms with Crippen molar-refractivity contribution in [2.75, 3.05) is 13.7 Å². The molecule has 0 aliphatic heterocycles. The zero-order chi connectivity index (χ0) is 13.7. The molecular weight excluding hydrogens is 258 g/mol. The number of nitrogens with one attached hydrogen (secondary N) is 1. The second-order valence-corrected chi connectivity index (χ2v) is 5.84. The van der Waals surface area contributed by atoms with Gasteiger partial charge in [-0.3, -0.25) is 0 Å². The van der Waals surface area contributed by atoms with Gasteiger partial charge < -0.3 is 10.1 Å². The van der Waals surface area contributed by atoms with E-state index >= 15 is 0 Å². The summed E-state index contributed by atoms with van der Waals surface area (Å²) in [6.07, 6.45) is 6.19. The monoisotopic (exact) mass is 281 g/mol. The van der Waals surface area contributed by atoms with Crippen molar-refractivity contribution in [3.8, 4) is 5.75 Å². The van der Waals surface area contributed by atoms with Crippen LogP contribution in [0.25, 0.3) is 0 Å². The Morgan fingerprint density at radius 2 is 2.21 bits per heavy atom. The molecule has 2 unspecified atom stereocenters. The fourth-order valence-electron chi connectivity index (χ4n) is 3.03. The predicted octanol–water partition coefficient (Wildman–Crippen LogP) is 4.37. The van der Waals surface area contributed by atoms with Crippen LogP contribution < -0.4 is 10.1 Å². The molecule has 1 aromatic carbocycles. The molecule has 1 aliphatic rings. The van der Waals surface area contributed by atoms with Gasteiger partial charge in [0.1, 0.15) is 5.75 Å². The first-order valence-electron chi connectivity index (χ1n) is 7.31. The summed E-state index contributed by atoms with van der Waals surface area (Å²) in [5.41, 5.74) is 1.28. The molecule has 2 atom stereocenters. The van der Waals surface area contributed by atoms with Crippen molar-refractivity contribution in [2.45, 2.75) is 51.0 Å². The van der Waals surface area contributed by atoms with Crippen molar-refractivity contribution >= 4 is 11.6 Å². The van der Waals surface area contributed by atoms with Gasteiger partial charge in [-0.1, -0.05) is 24.9 Å². The van der Waals surface area contributed by atoms with E-state index in [1.54, 1.807) is 7.11 Å². The van der Waals surface area contributed by atoms with Crippen molar-refractivity contribution in [1.82, 2.24) is 5.32 Å². The minimum Gasteiger partial charge on any atom is -0.496 e. The Morgan fingerprint density at radius 3 is 2.95 bits per heavy atom. The highest BCUT2D eigenvalue weighted by molar-refractivity contribution is 6.30. The van der Waals surface area contributed by atoms with E-state index in [4.69, 9.17) is 16.3 Å². The molecule has 1 aliphatic carbocycles. The Kier molecular flexibility index (Phi) is 5.53. The number of hydrogen-bond acceptors (Lipinski definition) is 2. The summed E-state index contributed by atoms with van der Waals surface area (Å²) in [5.74, 6) is 1.54. The molecule has 0 bridgehead atoms. The third-order valence-electron chi connectivity index (χ3n) is 3.99. The Hall–Kier alpha value is -0.730. The maximum absolute atomic E-state index is 6.14. The van der Waals surface area contributed by atoms with Gasteiger partial charge in [0.25, 0.3) is 0 Å². The van der Waals surface area contributed by atoms with E-state index < -0.39 is 0 Å². The summed E-state index contributed by atoms with van der Waals surface area (Å²) in [5, 5.41) is 4.45. The summed E-state index contributed by atoms with van der Waals surface area (Å²) in [6, 6.07) is 6.61. The van der Waals surface area contributed by atoms with Crippen molar-refractivity contribution < 1.29 is 4.74 Å². The van der Waals surface area contributed by atoms with Gasteiger partial charge in [-0.05, 0) is 61.9 Å². The van der Waals surface area contributed by atoms with Crippen molar-refractivity contribution in [3.05, 3.63) is 28.8 Å². The van der Waals surface area contributed by atoms with Gasteiger partial charge in [0.05, 0.1) is 7.11 Å². The van der Waals surface area contributed by atoms with E-state index in [0.29, 0.717) is 12.0 Å². The van der Waals surface area contributed by atoms with Crippen LogP contribution in [0.15, 0.2) is 18.2 Å². The van der Waals surface area contributed by atoms with E-state index in [9.17, 15) is 0 Å². The molecule has 1 N–H and O–H groups in total. The molecule has 1 aromatic rings. The molecule has 0 aromatic heterocycles. The molecule has 0 saturated heterocycles. The van der Waals surface area contributed by atoms with Crippen LogP contribution >= 0.6 is 11.6 Å². The maximum atomic E-state index is 6.14. The van der Waals surface area contributed by atoms with Crippen molar-refractivity contribution in [1.29, 1.82) is 0 Å². The molecule has 1 saturated carbocycles. The number of methoxy groups -OCH3 is 1. The number of rotatable bonds is 5. The molecule has 0 radical (unpaired) electrons. The van der Waals surface area contributed by atoms with E-state index in [1.165, 1.54) is 37.7 Å². The number of hydrogen-bond donors (Lipinski definition) is 1. The molecular formula is C16H24ClNO. The zero-order valence-electron chi connectivity index (χ0n) is 11.9. The highest BCUT2D eigenvalue weighted by Gasteiger charge is 2.25. The second-order valence-electron chi connectivity index (χ2n) is 5.40. The van der Waals surface area contributed by atoms with Crippen LogP contribution in [0.4, 0.5) is 0 Å². The van der Waals surface area contributed by atoms with Gasteiger partial charge >= 0.3 is 0 Å². The summed E-state index contributed by atoms with van der Waals surface area (Å²) in [6.45, 7) is 3.33. The van der Waals surface area contributed by atoms with Gasteiger partial charge in [-0.2, -0.15) is 0 Å². The minimum atomic E-state index is 0.566. The number of halogens is 1. The van der Waals surface area contributed by atoms with Gasteiger partial charge in [0.15, 0.2) is 0 Å². The smallest absolute Gasteiger partial charge is 0.122 e. The average Bonchev–Trinajstić information content (AvgIpc) is 2.45. The average molecular weight is 282 g/mol. The highest BCUT2D eigenvalue weighted by Crippen LogP contribution is 2.38. The SMILES string of the molecule is CCCNC1CCCC(c2cc(Cl)ccc2OC)C1. The summed E-state index contributed by atoms with van der Waals surface area (Å²) < 4.78 is 5.49. The fraction of sp³-hybridized carbons (Fsp3) is 0.625. The molecule has 19 heavy (non-hydrogen) atoms. The van der Waals surface area contributed by atoms with Crippen LogP contribution in [0.1, 0.15) is 50.5 Å². The van der Waals surface area contributed by atoms with E-state index in [-0.39, 0.29) is 0 Å². The van der Waals surface area contributed by atoms with Crippen LogP contribution in [0.3, 0.4) is 0 Å². The van der Waals surface area contributed by atoms with Crippen LogP contribution in [0, 0.1) is 0 Å². The molecule has 0 amide bonds. The lowest BCUT2D eigenvalue weighted by Gasteiger charge is -2.31. The van der Waals surface area contributed by atoms with E-state index in [0.717, 1.165) is 17.3 Å². The van der Waals surface area contributed by atoms with Gasteiger partial charge in [0.2, 0.25) is 0 Å². The van der Waals surface area contributed by atoms with Crippen LogP contribution in [-0.2, 0) is 0 Å². The van der Waals surface area contributed by atoms with Gasteiger partial charge in [-0.15, -0.1) is 0 Å². The Morgan fingerprint density at radius 1 is 1.37 bits per heavy atom. The zero-order valence-corrected chi connectivity index (χ0v) is 12.7. The first-order chi connectivity index (χ1) is 9.24. The second kappa shape index (κ2) is 7.16.